The Morgan fingerprint density at radius 3 is 2.71 bits per heavy atom. The summed E-state index contributed by atoms with van der Waals surface area (Å²) in [4.78, 5) is 2.52. The molecule has 3 nitrogen and oxygen atoms in total. The molecule has 1 aliphatic heterocycles. The smallest absolute Gasteiger partial charge is 0.122 e. The molecule has 17 heavy (non-hydrogen) atoms. The predicted molar refractivity (Wildman–Crippen MR) is 69.7 cm³/mol. The number of hydrogen-bond acceptors (Lipinski definition) is 3. The lowest BCUT2D eigenvalue weighted by molar-refractivity contribution is 0.125. The summed E-state index contributed by atoms with van der Waals surface area (Å²) in [5.41, 5.74) is 1.29. The van der Waals surface area contributed by atoms with Crippen LogP contribution in [0, 0.1) is 11.8 Å². The predicted octanol–water partition coefficient (Wildman–Crippen LogP) is 2.48. The molecule has 1 aromatic heterocycles. The van der Waals surface area contributed by atoms with E-state index in [0.29, 0.717) is 0 Å². The Hall–Kier alpha value is -0.800. The minimum absolute atomic E-state index is 0.807. The van der Waals surface area contributed by atoms with Crippen LogP contribution >= 0.6 is 0 Å². The molecule has 0 bridgehead atoms. The molecule has 1 aliphatic rings. The molecule has 96 valence electrons. The zero-order chi connectivity index (χ0) is 12.3. The summed E-state index contributed by atoms with van der Waals surface area (Å²) < 4.78 is 5.61. The van der Waals surface area contributed by atoms with Crippen LogP contribution in [0.2, 0.25) is 0 Å². The number of piperidine rings is 1. The first-order chi connectivity index (χ1) is 8.19. The summed E-state index contributed by atoms with van der Waals surface area (Å²) in [5, 5.41) is 3.19. The van der Waals surface area contributed by atoms with Gasteiger partial charge in [0.1, 0.15) is 5.76 Å². The molecule has 3 heteroatoms. The highest BCUT2D eigenvalue weighted by atomic mass is 16.3. The normalized spacial score (nSPS) is 26.3. The fourth-order valence-corrected chi connectivity index (χ4v) is 2.98. The van der Waals surface area contributed by atoms with Crippen molar-refractivity contribution in [2.45, 2.75) is 33.4 Å². The highest BCUT2D eigenvalue weighted by molar-refractivity contribution is 5.16. The minimum atomic E-state index is 0.807. The monoisotopic (exact) mass is 236 g/mol. The zero-order valence-electron chi connectivity index (χ0n) is 11.2. The van der Waals surface area contributed by atoms with Gasteiger partial charge in [0.15, 0.2) is 0 Å². The van der Waals surface area contributed by atoms with Crippen molar-refractivity contribution in [2.75, 3.05) is 20.1 Å². The third-order valence-corrected chi connectivity index (χ3v) is 3.52. The van der Waals surface area contributed by atoms with E-state index in [1.165, 1.54) is 25.1 Å². The summed E-state index contributed by atoms with van der Waals surface area (Å²) in [6.45, 7) is 8.94. The molecule has 0 aromatic carbocycles. The molecule has 0 saturated carbocycles. The van der Waals surface area contributed by atoms with E-state index in [4.69, 9.17) is 4.42 Å². The first-order valence-electron chi connectivity index (χ1n) is 6.61. The molecular weight excluding hydrogens is 212 g/mol. The topological polar surface area (TPSA) is 28.4 Å². The second kappa shape index (κ2) is 5.69. The summed E-state index contributed by atoms with van der Waals surface area (Å²) in [6, 6.07) is 2.07. The Balaban J connectivity index is 1.97. The molecule has 2 heterocycles. The van der Waals surface area contributed by atoms with Crippen LogP contribution in [0.1, 0.15) is 31.6 Å². The van der Waals surface area contributed by atoms with Crippen molar-refractivity contribution in [3.8, 4) is 0 Å². The number of nitrogens with zero attached hydrogens (tertiary/aromatic N) is 1. The molecule has 0 amide bonds. The second-order valence-electron chi connectivity index (χ2n) is 5.54. The molecule has 1 saturated heterocycles. The standard InChI is InChI=1S/C14H24N2O/c1-11-6-12(2)9-16(8-11)10-14-13(7-15-3)4-5-17-14/h4-5,11-12,15H,6-10H2,1-3H3. The molecule has 1 fully saturated rings. The average Bonchev–Trinajstić information content (AvgIpc) is 2.65. The van der Waals surface area contributed by atoms with E-state index in [2.05, 4.69) is 30.1 Å². The van der Waals surface area contributed by atoms with Gasteiger partial charge in [0.25, 0.3) is 0 Å². The van der Waals surface area contributed by atoms with Crippen molar-refractivity contribution >= 4 is 0 Å². The summed E-state index contributed by atoms with van der Waals surface area (Å²) in [6.07, 6.45) is 3.16. The Bertz CT molecular complexity index is 338. The first kappa shape index (κ1) is 12.7. The van der Waals surface area contributed by atoms with Gasteiger partial charge in [-0.15, -0.1) is 0 Å². The Morgan fingerprint density at radius 1 is 1.35 bits per heavy atom. The van der Waals surface area contributed by atoms with Crippen molar-refractivity contribution in [3.05, 3.63) is 23.7 Å². The van der Waals surface area contributed by atoms with Crippen molar-refractivity contribution in [1.82, 2.24) is 10.2 Å². The van der Waals surface area contributed by atoms with Crippen LogP contribution in [0.4, 0.5) is 0 Å². The van der Waals surface area contributed by atoms with Gasteiger partial charge >= 0.3 is 0 Å². The SMILES string of the molecule is CNCc1ccoc1CN1CC(C)CC(C)C1. The highest BCUT2D eigenvalue weighted by Crippen LogP contribution is 2.23. The molecule has 2 unspecified atom stereocenters. The number of nitrogens with one attached hydrogen (secondary N) is 1. The van der Waals surface area contributed by atoms with Crippen LogP contribution in [-0.2, 0) is 13.1 Å². The number of likely N-dealkylation sites (tertiary alicyclic amines) is 1. The first-order valence-corrected chi connectivity index (χ1v) is 6.61. The third-order valence-electron chi connectivity index (χ3n) is 3.52. The van der Waals surface area contributed by atoms with Gasteiger partial charge in [-0.3, -0.25) is 4.90 Å². The van der Waals surface area contributed by atoms with Crippen LogP contribution in [0.3, 0.4) is 0 Å². The van der Waals surface area contributed by atoms with Gasteiger partial charge in [-0.05, 0) is 31.4 Å². The van der Waals surface area contributed by atoms with Crippen molar-refractivity contribution in [2.24, 2.45) is 11.8 Å². The number of furan rings is 1. The van der Waals surface area contributed by atoms with E-state index in [-0.39, 0.29) is 0 Å². The quantitative estimate of drug-likeness (QED) is 0.870. The molecule has 0 radical (unpaired) electrons. The van der Waals surface area contributed by atoms with E-state index >= 15 is 0 Å². The molecule has 1 N–H and O–H groups in total. The lowest BCUT2D eigenvalue weighted by Gasteiger charge is -2.34. The van der Waals surface area contributed by atoms with Crippen LogP contribution in [0.15, 0.2) is 16.7 Å². The minimum Gasteiger partial charge on any atom is -0.468 e. The van der Waals surface area contributed by atoms with Crippen LogP contribution in [-0.4, -0.2) is 25.0 Å². The summed E-state index contributed by atoms with van der Waals surface area (Å²) in [7, 11) is 1.97. The third kappa shape index (κ3) is 3.33. The van der Waals surface area contributed by atoms with Gasteiger partial charge in [0, 0.05) is 25.2 Å². The zero-order valence-corrected chi connectivity index (χ0v) is 11.2. The van der Waals surface area contributed by atoms with Gasteiger partial charge < -0.3 is 9.73 Å². The maximum Gasteiger partial charge on any atom is 0.122 e. The molecule has 0 aliphatic carbocycles. The van der Waals surface area contributed by atoms with Gasteiger partial charge in [-0.2, -0.15) is 0 Å². The number of hydrogen-bond donors (Lipinski definition) is 1. The van der Waals surface area contributed by atoms with Gasteiger partial charge in [0.2, 0.25) is 0 Å². The number of rotatable bonds is 4. The molecular formula is C14H24N2O. The average molecular weight is 236 g/mol. The van der Waals surface area contributed by atoms with E-state index in [0.717, 1.165) is 30.7 Å². The lowest BCUT2D eigenvalue weighted by Crippen LogP contribution is -2.38. The van der Waals surface area contributed by atoms with E-state index in [9.17, 15) is 0 Å². The highest BCUT2D eigenvalue weighted by Gasteiger charge is 2.23. The summed E-state index contributed by atoms with van der Waals surface area (Å²) in [5.74, 6) is 2.74. The lowest BCUT2D eigenvalue weighted by atomic mass is 9.92. The van der Waals surface area contributed by atoms with Crippen LogP contribution in [0.25, 0.3) is 0 Å². The fourth-order valence-electron chi connectivity index (χ4n) is 2.98. The largest absolute Gasteiger partial charge is 0.468 e. The maximum atomic E-state index is 5.61. The van der Waals surface area contributed by atoms with Crippen molar-refractivity contribution < 1.29 is 4.42 Å². The Kier molecular flexibility index (Phi) is 4.24. The van der Waals surface area contributed by atoms with Crippen LogP contribution < -0.4 is 5.32 Å². The Morgan fingerprint density at radius 2 is 2.06 bits per heavy atom. The van der Waals surface area contributed by atoms with E-state index in [1.807, 2.05) is 7.05 Å². The van der Waals surface area contributed by atoms with Crippen molar-refractivity contribution in [3.63, 3.8) is 0 Å². The second-order valence-corrected chi connectivity index (χ2v) is 5.54. The molecule has 0 spiro atoms. The maximum absolute atomic E-state index is 5.61. The van der Waals surface area contributed by atoms with E-state index in [1.54, 1.807) is 6.26 Å². The van der Waals surface area contributed by atoms with Crippen LogP contribution in [0.5, 0.6) is 0 Å². The Labute approximate surface area is 104 Å². The van der Waals surface area contributed by atoms with Gasteiger partial charge in [0.05, 0.1) is 12.8 Å². The summed E-state index contributed by atoms with van der Waals surface area (Å²) >= 11 is 0. The molecule has 2 atom stereocenters. The fraction of sp³-hybridized carbons (Fsp3) is 0.714. The van der Waals surface area contributed by atoms with Gasteiger partial charge in [-0.25, -0.2) is 0 Å². The van der Waals surface area contributed by atoms with Gasteiger partial charge in [-0.1, -0.05) is 13.8 Å². The van der Waals surface area contributed by atoms with E-state index < -0.39 is 0 Å². The molecule has 2 rings (SSSR count). The van der Waals surface area contributed by atoms with Crippen molar-refractivity contribution in [1.29, 1.82) is 0 Å². The molecule has 1 aromatic rings.